The van der Waals surface area contributed by atoms with Crippen molar-refractivity contribution in [2.24, 2.45) is 0 Å². The first-order valence-electron chi connectivity index (χ1n) is 11.7. The van der Waals surface area contributed by atoms with Gasteiger partial charge in [0.25, 0.3) is 0 Å². The molecule has 1 unspecified atom stereocenters. The molecule has 0 N–H and O–H groups in total. The van der Waals surface area contributed by atoms with Crippen LogP contribution in [0.15, 0.2) is 78.9 Å². The molecule has 3 aromatic carbocycles. The molecule has 4 rings (SSSR count). The van der Waals surface area contributed by atoms with E-state index in [9.17, 15) is 4.79 Å². The summed E-state index contributed by atoms with van der Waals surface area (Å²) < 4.78 is 5.27. The van der Waals surface area contributed by atoms with Gasteiger partial charge in [0.05, 0.1) is 13.7 Å². The van der Waals surface area contributed by atoms with Crippen molar-refractivity contribution in [2.45, 2.75) is 45.3 Å². The number of carbonyl (C=O) groups excluding carboxylic acids is 1. The van der Waals surface area contributed by atoms with Gasteiger partial charge in [-0.2, -0.15) is 0 Å². The summed E-state index contributed by atoms with van der Waals surface area (Å²) in [5.41, 5.74) is 4.99. The van der Waals surface area contributed by atoms with Gasteiger partial charge in [0.15, 0.2) is 0 Å². The van der Waals surface area contributed by atoms with Crippen molar-refractivity contribution in [1.29, 1.82) is 0 Å². The van der Waals surface area contributed by atoms with Crippen molar-refractivity contribution in [1.82, 2.24) is 9.80 Å². The summed E-state index contributed by atoms with van der Waals surface area (Å²) in [6.07, 6.45) is 0.746. The van der Waals surface area contributed by atoms with Gasteiger partial charge in [-0.1, -0.05) is 87.5 Å². The molecule has 0 spiro atoms. The molecule has 1 fully saturated rings. The predicted octanol–water partition coefficient (Wildman–Crippen LogP) is 5.58. The lowest BCUT2D eigenvalue weighted by atomic mass is 9.86. The topological polar surface area (TPSA) is 32.8 Å². The van der Waals surface area contributed by atoms with Crippen molar-refractivity contribution in [3.8, 4) is 5.75 Å². The smallest absolute Gasteiger partial charge is 0.238 e. The SMILES string of the molecule is COc1ccc(CCN2C(=O)CN(Cc3ccccc3)C2c2ccc(C(C)(C)C)cc2)cc1. The Morgan fingerprint density at radius 1 is 0.879 bits per heavy atom. The molecule has 1 aliphatic rings. The molecule has 3 aromatic rings. The van der Waals surface area contributed by atoms with E-state index in [1.165, 1.54) is 22.3 Å². The van der Waals surface area contributed by atoms with Crippen molar-refractivity contribution in [3.05, 3.63) is 101 Å². The maximum atomic E-state index is 13.2. The summed E-state index contributed by atoms with van der Waals surface area (Å²) in [6, 6.07) is 27.3. The Morgan fingerprint density at radius 3 is 2.15 bits per heavy atom. The first-order valence-corrected chi connectivity index (χ1v) is 11.7. The minimum absolute atomic E-state index is 0.0648. The summed E-state index contributed by atoms with van der Waals surface area (Å²) >= 11 is 0. The third-order valence-electron chi connectivity index (χ3n) is 6.40. The van der Waals surface area contributed by atoms with Crippen LogP contribution in [0.3, 0.4) is 0 Å². The van der Waals surface area contributed by atoms with Crippen LogP contribution in [0.2, 0.25) is 0 Å². The lowest BCUT2D eigenvalue weighted by Gasteiger charge is -2.31. The summed E-state index contributed by atoms with van der Waals surface area (Å²) in [6.45, 7) is 8.54. The van der Waals surface area contributed by atoms with E-state index in [1.54, 1.807) is 7.11 Å². The van der Waals surface area contributed by atoms with E-state index in [0.717, 1.165) is 18.7 Å². The zero-order valence-electron chi connectivity index (χ0n) is 20.1. The van der Waals surface area contributed by atoms with Gasteiger partial charge in [-0.15, -0.1) is 0 Å². The van der Waals surface area contributed by atoms with Crippen LogP contribution in [0.1, 0.15) is 49.2 Å². The Hall–Kier alpha value is -3.11. The van der Waals surface area contributed by atoms with E-state index >= 15 is 0 Å². The maximum absolute atomic E-state index is 13.2. The van der Waals surface area contributed by atoms with Gasteiger partial charge >= 0.3 is 0 Å². The Labute approximate surface area is 197 Å². The molecule has 1 atom stereocenters. The second-order valence-corrected chi connectivity index (χ2v) is 9.82. The first kappa shape index (κ1) is 23.1. The van der Waals surface area contributed by atoms with Crippen molar-refractivity contribution in [3.63, 3.8) is 0 Å². The number of methoxy groups -OCH3 is 1. The highest BCUT2D eigenvalue weighted by atomic mass is 16.5. The van der Waals surface area contributed by atoms with E-state index in [-0.39, 0.29) is 17.5 Å². The molecular weight excluding hydrogens is 408 g/mol. The standard InChI is InChI=1S/C29H34N2O2/c1-29(2,3)25-14-12-24(13-15-25)28-30(20-23-8-6-5-7-9-23)21-27(32)31(28)19-18-22-10-16-26(33-4)17-11-22/h5-17,28H,18-21H2,1-4H3. The van der Waals surface area contributed by atoms with Gasteiger partial charge in [-0.25, -0.2) is 0 Å². The van der Waals surface area contributed by atoms with Crippen LogP contribution in [-0.2, 0) is 23.2 Å². The fourth-order valence-electron chi connectivity index (χ4n) is 4.48. The third-order valence-corrected chi connectivity index (χ3v) is 6.40. The van der Waals surface area contributed by atoms with Gasteiger partial charge in [0.2, 0.25) is 5.91 Å². The molecule has 172 valence electrons. The highest BCUT2D eigenvalue weighted by Gasteiger charge is 2.38. The number of nitrogens with zero attached hydrogens (tertiary/aromatic N) is 2. The number of hydrogen-bond donors (Lipinski definition) is 0. The van der Waals surface area contributed by atoms with Crippen LogP contribution in [0.5, 0.6) is 5.75 Å². The molecular formula is C29H34N2O2. The Balaban J connectivity index is 1.59. The quantitative estimate of drug-likeness (QED) is 0.479. The van der Waals surface area contributed by atoms with Gasteiger partial charge in [-0.05, 0) is 46.2 Å². The Bertz CT molecular complexity index is 1050. The molecule has 4 heteroatoms. The van der Waals surface area contributed by atoms with Crippen LogP contribution in [0, 0.1) is 0 Å². The second-order valence-electron chi connectivity index (χ2n) is 9.82. The fourth-order valence-corrected chi connectivity index (χ4v) is 4.48. The molecule has 1 saturated heterocycles. The highest BCUT2D eigenvalue weighted by Crippen LogP contribution is 2.34. The lowest BCUT2D eigenvalue weighted by molar-refractivity contribution is -0.128. The molecule has 0 bridgehead atoms. The number of hydrogen-bond acceptors (Lipinski definition) is 3. The Kier molecular flexibility index (Phi) is 6.85. The van der Waals surface area contributed by atoms with Gasteiger partial charge in [0, 0.05) is 13.1 Å². The molecule has 0 radical (unpaired) electrons. The zero-order chi connectivity index (χ0) is 23.4. The van der Waals surface area contributed by atoms with Gasteiger partial charge in [0.1, 0.15) is 11.9 Å². The van der Waals surface area contributed by atoms with Gasteiger partial charge in [-0.3, -0.25) is 9.69 Å². The molecule has 4 nitrogen and oxygen atoms in total. The molecule has 1 amide bonds. The summed E-state index contributed by atoms with van der Waals surface area (Å²) in [4.78, 5) is 17.5. The third kappa shape index (κ3) is 5.45. The molecule has 0 saturated carbocycles. The fraction of sp³-hybridized carbons (Fsp3) is 0.345. The van der Waals surface area contributed by atoms with E-state index in [1.807, 2.05) is 23.1 Å². The average molecular weight is 443 g/mol. The number of carbonyl (C=O) groups is 1. The minimum Gasteiger partial charge on any atom is -0.497 e. The lowest BCUT2D eigenvalue weighted by Crippen LogP contribution is -2.33. The van der Waals surface area contributed by atoms with E-state index < -0.39 is 0 Å². The van der Waals surface area contributed by atoms with Crippen LogP contribution in [0.4, 0.5) is 0 Å². The number of amides is 1. The van der Waals surface area contributed by atoms with E-state index in [0.29, 0.717) is 13.1 Å². The number of benzene rings is 3. The predicted molar refractivity (Wildman–Crippen MR) is 133 cm³/mol. The summed E-state index contributed by atoms with van der Waals surface area (Å²) in [5.74, 6) is 1.03. The van der Waals surface area contributed by atoms with E-state index in [2.05, 4.69) is 86.3 Å². The number of ether oxygens (including phenoxy) is 1. The van der Waals surface area contributed by atoms with Crippen molar-refractivity contribution >= 4 is 5.91 Å². The van der Waals surface area contributed by atoms with Crippen LogP contribution >= 0.6 is 0 Å². The zero-order valence-corrected chi connectivity index (χ0v) is 20.1. The minimum atomic E-state index is -0.0648. The molecule has 1 aliphatic heterocycles. The van der Waals surface area contributed by atoms with Crippen LogP contribution in [-0.4, -0.2) is 35.9 Å². The largest absolute Gasteiger partial charge is 0.497 e. The molecule has 0 aromatic heterocycles. The number of rotatable bonds is 7. The molecule has 1 heterocycles. The summed E-state index contributed by atoms with van der Waals surface area (Å²) in [7, 11) is 1.68. The first-order chi connectivity index (χ1) is 15.8. The second kappa shape index (κ2) is 9.80. The molecule has 0 aliphatic carbocycles. The molecule has 33 heavy (non-hydrogen) atoms. The van der Waals surface area contributed by atoms with Crippen LogP contribution in [0.25, 0.3) is 0 Å². The van der Waals surface area contributed by atoms with E-state index in [4.69, 9.17) is 4.74 Å². The van der Waals surface area contributed by atoms with Crippen molar-refractivity contribution < 1.29 is 9.53 Å². The van der Waals surface area contributed by atoms with Crippen molar-refractivity contribution in [2.75, 3.05) is 20.2 Å². The Morgan fingerprint density at radius 2 is 1.55 bits per heavy atom. The average Bonchev–Trinajstić information content (AvgIpc) is 3.12. The highest BCUT2D eigenvalue weighted by molar-refractivity contribution is 5.81. The van der Waals surface area contributed by atoms with Crippen LogP contribution < -0.4 is 4.74 Å². The normalized spacial score (nSPS) is 16.9. The maximum Gasteiger partial charge on any atom is 0.238 e. The van der Waals surface area contributed by atoms with Gasteiger partial charge < -0.3 is 9.64 Å². The summed E-state index contributed by atoms with van der Waals surface area (Å²) in [5, 5.41) is 0. The monoisotopic (exact) mass is 442 g/mol.